The number of nitrogens with zero attached hydrogens (tertiary/aromatic N) is 4. The molecule has 136 valence electrons. The summed E-state index contributed by atoms with van der Waals surface area (Å²) in [5.74, 6) is 1.59. The second-order valence-electron chi connectivity index (χ2n) is 5.66. The summed E-state index contributed by atoms with van der Waals surface area (Å²) in [6.07, 6.45) is 0. The van der Waals surface area contributed by atoms with Gasteiger partial charge in [0.2, 0.25) is 15.9 Å². The van der Waals surface area contributed by atoms with Crippen molar-refractivity contribution in [1.82, 2.24) is 19.3 Å². The van der Waals surface area contributed by atoms with Crippen LogP contribution in [0.3, 0.4) is 0 Å². The Bertz CT molecular complexity index is 798. The molecule has 2 heterocycles. The minimum absolute atomic E-state index is 0.209. The van der Waals surface area contributed by atoms with Crippen molar-refractivity contribution >= 4 is 10.0 Å². The quantitative estimate of drug-likeness (QED) is 0.761. The largest absolute Gasteiger partial charge is 0.497 e. The molecule has 1 fully saturated rings. The number of methoxy groups -OCH3 is 1. The number of ether oxygens (including phenoxy) is 1. The molecule has 3 rings (SSSR count). The Morgan fingerprint density at radius 3 is 2.44 bits per heavy atom. The van der Waals surface area contributed by atoms with Crippen LogP contribution in [0.5, 0.6) is 5.75 Å². The van der Waals surface area contributed by atoms with Crippen LogP contribution in [-0.2, 0) is 23.1 Å². The van der Waals surface area contributed by atoms with E-state index in [1.165, 1.54) is 4.31 Å². The van der Waals surface area contributed by atoms with Gasteiger partial charge < -0.3 is 15.0 Å². The van der Waals surface area contributed by atoms with E-state index in [-0.39, 0.29) is 11.4 Å². The predicted molar refractivity (Wildman–Crippen MR) is 89.2 cm³/mol. The van der Waals surface area contributed by atoms with E-state index in [9.17, 15) is 8.42 Å². The van der Waals surface area contributed by atoms with E-state index in [1.54, 1.807) is 31.4 Å². The van der Waals surface area contributed by atoms with Gasteiger partial charge in [0.25, 0.3) is 0 Å². The van der Waals surface area contributed by atoms with Gasteiger partial charge in [0.05, 0.1) is 25.1 Å². The van der Waals surface area contributed by atoms with E-state index < -0.39 is 10.0 Å². The van der Waals surface area contributed by atoms with Crippen molar-refractivity contribution in [2.45, 2.75) is 18.0 Å². The molecule has 0 spiro atoms. The first-order chi connectivity index (χ1) is 12.0. The smallest absolute Gasteiger partial charge is 0.243 e. The average Bonchev–Trinajstić information content (AvgIpc) is 3.10. The summed E-state index contributed by atoms with van der Waals surface area (Å²) in [7, 11) is -1.95. The maximum atomic E-state index is 12.7. The highest BCUT2D eigenvalue weighted by Crippen LogP contribution is 2.21. The van der Waals surface area contributed by atoms with Crippen molar-refractivity contribution in [3.63, 3.8) is 0 Å². The molecule has 0 saturated carbocycles. The monoisotopic (exact) mass is 367 g/mol. The Morgan fingerprint density at radius 2 is 1.88 bits per heavy atom. The first-order valence-corrected chi connectivity index (χ1v) is 9.35. The number of nitrogens with two attached hydrogens (primary N) is 1. The van der Waals surface area contributed by atoms with Crippen molar-refractivity contribution < 1.29 is 17.7 Å². The fraction of sp³-hybridized carbons (Fsp3) is 0.467. The van der Waals surface area contributed by atoms with Gasteiger partial charge in [-0.2, -0.15) is 9.29 Å². The lowest BCUT2D eigenvalue weighted by Gasteiger charge is -2.33. The van der Waals surface area contributed by atoms with Gasteiger partial charge in [-0.1, -0.05) is 5.16 Å². The third kappa shape index (κ3) is 3.98. The maximum absolute atomic E-state index is 12.7. The third-order valence-electron chi connectivity index (χ3n) is 4.08. The number of rotatable bonds is 6. The lowest BCUT2D eigenvalue weighted by atomic mass is 10.3. The van der Waals surface area contributed by atoms with E-state index in [0.717, 1.165) is 0 Å². The number of aromatic nitrogens is 2. The Labute approximate surface area is 146 Å². The zero-order valence-corrected chi connectivity index (χ0v) is 14.8. The molecule has 25 heavy (non-hydrogen) atoms. The van der Waals surface area contributed by atoms with Gasteiger partial charge in [-0.05, 0) is 24.3 Å². The molecule has 0 unspecified atom stereocenters. The highest BCUT2D eigenvalue weighted by molar-refractivity contribution is 7.89. The summed E-state index contributed by atoms with van der Waals surface area (Å²) in [6.45, 7) is 2.75. The summed E-state index contributed by atoms with van der Waals surface area (Å²) in [5.41, 5.74) is 5.44. The Kier molecular flexibility index (Phi) is 5.33. The summed E-state index contributed by atoms with van der Waals surface area (Å²) < 4.78 is 37.0. The number of benzene rings is 1. The fourth-order valence-electron chi connectivity index (χ4n) is 2.66. The second-order valence-corrected chi connectivity index (χ2v) is 7.60. The lowest BCUT2D eigenvalue weighted by molar-refractivity contribution is 0.176. The Morgan fingerprint density at radius 1 is 1.20 bits per heavy atom. The Balaban J connectivity index is 1.60. The fourth-order valence-corrected chi connectivity index (χ4v) is 4.08. The zero-order valence-electron chi connectivity index (χ0n) is 14.0. The van der Waals surface area contributed by atoms with E-state index >= 15 is 0 Å². The van der Waals surface area contributed by atoms with E-state index in [0.29, 0.717) is 50.2 Å². The van der Waals surface area contributed by atoms with Crippen LogP contribution in [-0.4, -0.2) is 61.1 Å². The predicted octanol–water partition coefficient (Wildman–Crippen LogP) is 0.0434. The molecule has 0 amide bonds. The highest BCUT2D eigenvalue weighted by atomic mass is 32.2. The highest BCUT2D eigenvalue weighted by Gasteiger charge is 2.28. The summed E-state index contributed by atoms with van der Waals surface area (Å²) in [4.78, 5) is 6.53. The zero-order chi connectivity index (χ0) is 17.9. The van der Waals surface area contributed by atoms with E-state index in [2.05, 4.69) is 15.0 Å². The van der Waals surface area contributed by atoms with Gasteiger partial charge in [-0.3, -0.25) is 4.90 Å². The van der Waals surface area contributed by atoms with Gasteiger partial charge in [-0.15, -0.1) is 0 Å². The summed E-state index contributed by atoms with van der Waals surface area (Å²) in [5, 5.41) is 3.86. The molecule has 0 radical (unpaired) electrons. The van der Waals surface area contributed by atoms with Crippen molar-refractivity contribution in [2.75, 3.05) is 33.3 Å². The molecule has 9 nitrogen and oxygen atoms in total. The number of sulfonamides is 1. The molecule has 1 aliphatic heterocycles. The van der Waals surface area contributed by atoms with Gasteiger partial charge in [0, 0.05) is 26.2 Å². The lowest BCUT2D eigenvalue weighted by Crippen LogP contribution is -2.48. The first-order valence-electron chi connectivity index (χ1n) is 7.91. The molecular weight excluding hydrogens is 346 g/mol. The van der Waals surface area contributed by atoms with Crippen molar-refractivity contribution in [2.24, 2.45) is 5.73 Å². The van der Waals surface area contributed by atoms with Crippen LogP contribution >= 0.6 is 0 Å². The summed E-state index contributed by atoms with van der Waals surface area (Å²) >= 11 is 0. The number of piperazine rings is 1. The molecule has 2 aromatic rings. The van der Waals surface area contributed by atoms with Gasteiger partial charge >= 0.3 is 0 Å². The van der Waals surface area contributed by atoms with Crippen LogP contribution < -0.4 is 10.5 Å². The summed E-state index contributed by atoms with van der Waals surface area (Å²) in [6, 6.07) is 6.42. The van der Waals surface area contributed by atoms with Crippen LogP contribution in [0.4, 0.5) is 0 Å². The second kappa shape index (κ2) is 7.48. The average molecular weight is 367 g/mol. The van der Waals surface area contributed by atoms with Crippen molar-refractivity contribution in [3.05, 3.63) is 36.0 Å². The molecule has 0 bridgehead atoms. The molecule has 1 aromatic heterocycles. The minimum atomic E-state index is -3.50. The SMILES string of the molecule is COc1ccc(S(=O)(=O)N2CCN(Cc3noc(CN)n3)CC2)cc1. The van der Waals surface area contributed by atoms with Crippen LogP contribution in [0.15, 0.2) is 33.7 Å². The van der Waals surface area contributed by atoms with E-state index in [4.69, 9.17) is 15.0 Å². The topological polar surface area (TPSA) is 115 Å². The van der Waals surface area contributed by atoms with Crippen molar-refractivity contribution in [3.8, 4) is 5.75 Å². The standard InChI is InChI=1S/C15H21N5O4S/c1-23-12-2-4-13(5-3-12)25(21,22)20-8-6-19(7-9-20)11-14-17-15(10-16)24-18-14/h2-5H,6-11,16H2,1H3. The molecule has 2 N–H and O–H groups in total. The first kappa shape index (κ1) is 17.8. The number of hydrogen-bond acceptors (Lipinski definition) is 8. The Hall–Kier alpha value is -2.01. The van der Waals surface area contributed by atoms with E-state index in [1.807, 2.05) is 0 Å². The van der Waals surface area contributed by atoms with Crippen LogP contribution in [0.1, 0.15) is 11.7 Å². The molecule has 1 saturated heterocycles. The van der Waals surface area contributed by atoms with Gasteiger partial charge in [0.1, 0.15) is 5.75 Å². The molecular formula is C15H21N5O4S. The molecule has 1 aliphatic rings. The van der Waals surface area contributed by atoms with Gasteiger partial charge in [-0.25, -0.2) is 8.42 Å². The molecule has 0 aliphatic carbocycles. The molecule has 0 atom stereocenters. The third-order valence-corrected chi connectivity index (χ3v) is 5.99. The normalized spacial score (nSPS) is 16.9. The number of hydrogen-bond donors (Lipinski definition) is 1. The minimum Gasteiger partial charge on any atom is -0.497 e. The van der Waals surface area contributed by atoms with Crippen LogP contribution in [0.25, 0.3) is 0 Å². The molecule has 10 heteroatoms. The van der Waals surface area contributed by atoms with Gasteiger partial charge in [0.15, 0.2) is 5.82 Å². The molecule has 1 aromatic carbocycles. The van der Waals surface area contributed by atoms with Crippen molar-refractivity contribution in [1.29, 1.82) is 0 Å². The maximum Gasteiger partial charge on any atom is 0.243 e. The van der Waals surface area contributed by atoms with Crippen LogP contribution in [0.2, 0.25) is 0 Å². The van der Waals surface area contributed by atoms with Crippen LogP contribution in [0, 0.1) is 0 Å².